The molecule has 0 aliphatic rings. The van der Waals surface area contributed by atoms with Gasteiger partial charge in [0.2, 0.25) is 0 Å². The molecule has 0 bridgehead atoms. The number of hydrogen-bond donors (Lipinski definition) is 0. The van der Waals surface area contributed by atoms with Crippen molar-refractivity contribution < 1.29 is 4.42 Å². The molecular formula is C8H12INO. The van der Waals surface area contributed by atoms with E-state index in [0.717, 1.165) is 34.6 Å². The van der Waals surface area contributed by atoms with Crippen LogP contribution in [0.5, 0.6) is 0 Å². The van der Waals surface area contributed by atoms with Crippen LogP contribution in [0.15, 0.2) is 4.42 Å². The largest absolute Gasteiger partial charge is 0.437 e. The molecule has 1 rings (SSSR count). The van der Waals surface area contributed by atoms with Gasteiger partial charge in [0.25, 0.3) is 3.90 Å². The third-order valence-corrected chi connectivity index (χ3v) is 2.02. The highest BCUT2D eigenvalue weighted by Gasteiger charge is 2.07. The molecule has 0 saturated carbocycles. The van der Waals surface area contributed by atoms with Crippen LogP contribution in [-0.4, -0.2) is 4.98 Å². The molecule has 0 aliphatic carbocycles. The Labute approximate surface area is 80.5 Å². The topological polar surface area (TPSA) is 26.0 Å². The number of rotatable bonds is 3. The summed E-state index contributed by atoms with van der Waals surface area (Å²) in [6.07, 6.45) is 3.12. The molecule has 3 heteroatoms. The summed E-state index contributed by atoms with van der Waals surface area (Å²) in [6, 6.07) is 0. The molecule has 62 valence electrons. The molecule has 1 aromatic heterocycles. The molecule has 0 saturated heterocycles. The van der Waals surface area contributed by atoms with Gasteiger partial charge in [-0.1, -0.05) is 20.3 Å². The summed E-state index contributed by atoms with van der Waals surface area (Å²) >= 11 is 2.11. The Kier molecular flexibility index (Phi) is 3.36. The van der Waals surface area contributed by atoms with Gasteiger partial charge in [0, 0.05) is 29.0 Å². The summed E-state index contributed by atoms with van der Waals surface area (Å²) in [5.74, 6) is 1.05. The van der Waals surface area contributed by atoms with E-state index in [1.54, 1.807) is 0 Å². The number of halogens is 1. The molecule has 0 atom stereocenters. The zero-order valence-electron chi connectivity index (χ0n) is 6.85. The molecular weight excluding hydrogens is 253 g/mol. The first kappa shape index (κ1) is 9.03. The third kappa shape index (κ3) is 2.18. The van der Waals surface area contributed by atoms with Crippen molar-refractivity contribution >= 4 is 22.6 Å². The molecule has 2 nitrogen and oxygen atoms in total. The SMILES string of the molecule is CCCc1nc(I)oc1CC. The van der Waals surface area contributed by atoms with E-state index in [0.29, 0.717) is 0 Å². The molecule has 0 spiro atoms. The molecule has 0 aromatic carbocycles. The van der Waals surface area contributed by atoms with Gasteiger partial charge in [-0.2, -0.15) is 0 Å². The van der Waals surface area contributed by atoms with Crippen molar-refractivity contribution in [3.05, 3.63) is 15.4 Å². The van der Waals surface area contributed by atoms with E-state index in [1.807, 2.05) is 0 Å². The zero-order chi connectivity index (χ0) is 8.27. The van der Waals surface area contributed by atoms with Crippen LogP contribution in [0.3, 0.4) is 0 Å². The number of nitrogens with zero attached hydrogens (tertiary/aromatic N) is 1. The van der Waals surface area contributed by atoms with Crippen LogP contribution in [0.2, 0.25) is 0 Å². The van der Waals surface area contributed by atoms with Crippen molar-refractivity contribution in [2.45, 2.75) is 33.1 Å². The minimum atomic E-state index is 0.767. The van der Waals surface area contributed by atoms with Gasteiger partial charge in [0.15, 0.2) is 0 Å². The summed E-state index contributed by atoms with van der Waals surface area (Å²) < 4.78 is 6.16. The molecule has 0 amide bonds. The fourth-order valence-electron chi connectivity index (χ4n) is 1.06. The predicted molar refractivity (Wildman–Crippen MR) is 52.6 cm³/mol. The van der Waals surface area contributed by atoms with E-state index >= 15 is 0 Å². The van der Waals surface area contributed by atoms with E-state index in [9.17, 15) is 0 Å². The van der Waals surface area contributed by atoms with Crippen LogP contribution in [0.1, 0.15) is 31.7 Å². The van der Waals surface area contributed by atoms with E-state index in [1.165, 1.54) is 0 Å². The number of oxazole rings is 1. The Bertz CT molecular complexity index is 232. The minimum Gasteiger partial charge on any atom is -0.437 e. The lowest BCUT2D eigenvalue weighted by Crippen LogP contribution is -1.88. The molecule has 11 heavy (non-hydrogen) atoms. The van der Waals surface area contributed by atoms with Crippen molar-refractivity contribution in [1.82, 2.24) is 4.98 Å². The summed E-state index contributed by atoms with van der Waals surface area (Å²) in [5, 5.41) is 0. The Morgan fingerprint density at radius 2 is 2.18 bits per heavy atom. The van der Waals surface area contributed by atoms with Crippen molar-refractivity contribution in [1.29, 1.82) is 0 Å². The second kappa shape index (κ2) is 4.09. The minimum absolute atomic E-state index is 0.767. The first-order chi connectivity index (χ1) is 5.27. The molecule has 0 aliphatic heterocycles. The van der Waals surface area contributed by atoms with Gasteiger partial charge < -0.3 is 4.42 Å². The van der Waals surface area contributed by atoms with E-state index in [-0.39, 0.29) is 0 Å². The average Bonchev–Trinajstić information content (AvgIpc) is 2.32. The highest BCUT2D eigenvalue weighted by molar-refractivity contribution is 14.1. The van der Waals surface area contributed by atoms with Gasteiger partial charge in [-0.3, -0.25) is 0 Å². The van der Waals surface area contributed by atoms with Crippen LogP contribution < -0.4 is 0 Å². The Morgan fingerprint density at radius 1 is 1.45 bits per heavy atom. The maximum atomic E-state index is 5.39. The second-order valence-electron chi connectivity index (χ2n) is 2.44. The maximum Gasteiger partial charge on any atom is 0.257 e. The van der Waals surface area contributed by atoms with Crippen LogP contribution in [0.4, 0.5) is 0 Å². The van der Waals surface area contributed by atoms with Crippen LogP contribution in [-0.2, 0) is 12.8 Å². The number of hydrogen-bond acceptors (Lipinski definition) is 2. The zero-order valence-corrected chi connectivity index (χ0v) is 9.01. The summed E-state index contributed by atoms with van der Waals surface area (Å²) in [5.41, 5.74) is 1.14. The second-order valence-corrected chi connectivity index (χ2v) is 3.36. The standard InChI is InChI=1S/C8H12INO/c1-3-5-6-7(4-2)11-8(9)10-6/h3-5H2,1-2H3. The van der Waals surface area contributed by atoms with E-state index in [2.05, 4.69) is 41.4 Å². The third-order valence-electron chi connectivity index (χ3n) is 1.56. The van der Waals surface area contributed by atoms with Crippen LogP contribution in [0.25, 0.3) is 0 Å². The Morgan fingerprint density at radius 3 is 2.73 bits per heavy atom. The first-order valence-corrected chi connectivity index (χ1v) is 4.99. The van der Waals surface area contributed by atoms with E-state index in [4.69, 9.17) is 4.42 Å². The van der Waals surface area contributed by atoms with Gasteiger partial charge >= 0.3 is 0 Å². The van der Waals surface area contributed by atoms with Gasteiger partial charge in [-0.15, -0.1) is 0 Å². The molecule has 1 aromatic rings. The summed E-state index contributed by atoms with van der Waals surface area (Å²) in [7, 11) is 0. The van der Waals surface area contributed by atoms with Crippen molar-refractivity contribution in [2.24, 2.45) is 0 Å². The number of aromatic nitrogens is 1. The lowest BCUT2D eigenvalue weighted by molar-refractivity contribution is 0.480. The maximum absolute atomic E-state index is 5.39. The lowest BCUT2D eigenvalue weighted by Gasteiger charge is -1.92. The predicted octanol–water partition coefficient (Wildman–Crippen LogP) is 2.79. The normalized spacial score (nSPS) is 10.5. The fraction of sp³-hybridized carbons (Fsp3) is 0.625. The molecule has 1 heterocycles. The number of aryl methyl sites for hydroxylation is 2. The van der Waals surface area contributed by atoms with Crippen molar-refractivity contribution in [2.75, 3.05) is 0 Å². The Balaban J connectivity index is 2.83. The van der Waals surface area contributed by atoms with E-state index < -0.39 is 0 Å². The fourth-order valence-corrected chi connectivity index (χ4v) is 1.62. The molecule has 0 N–H and O–H groups in total. The van der Waals surface area contributed by atoms with Crippen LogP contribution >= 0.6 is 22.6 Å². The van der Waals surface area contributed by atoms with Crippen molar-refractivity contribution in [3.63, 3.8) is 0 Å². The molecule has 0 unspecified atom stereocenters. The lowest BCUT2D eigenvalue weighted by atomic mass is 10.2. The van der Waals surface area contributed by atoms with Gasteiger partial charge in [-0.05, 0) is 6.42 Å². The van der Waals surface area contributed by atoms with Gasteiger partial charge in [0.1, 0.15) is 5.76 Å². The summed E-state index contributed by atoms with van der Waals surface area (Å²) in [4.78, 5) is 4.29. The Hall–Kier alpha value is -0.0600. The molecule has 0 fully saturated rings. The molecule has 0 radical (unpaired) electrons. The highest BCUT2D eigenvalue weighted by atomic mass is 127. The summed E-state index contributed by atoms with van der Waals surface area (Å²) in [6.45, 7) is 4.25. The average molecular weight is 265 g/mol. The van der Waals surface area contributed by atoms with Gasteiger partial charge in [0.05, 0.1) is 5.69 Å². The monoisotopic (exact) mass is 265 g/mol. The van der Waals surface area contributed by atoms with Crippen molar-refractivity contribution in [3.8, 4) is 0 Å². The smallest absolute Gasteiger partial charge is 0.257 e. The van der Waals surface area contributed by atoms with Crippen LogP contribution in [0, 0.1) is 3.90 Å². The first-order valence-electron chi connectivity index (χ1n) is 3.92. The quantitative estimate of drug-likeness (QED) is 0.785. The highest BCUT2D eigenvalue weighted by Crippen LogP contribution is 2.14. The van der Waals surface area contributed by atoms with Gasteiger partial charge in [-0.25, -0.2) is 4.98 Å².